The summed E-state index contributed by atoms with van der Waals surface area (Å²) < 4.78 is 5.44. The van der Waals surface area contributed by atoms with Gasteiger partial charge in [0.1, 0.15) is 6.04 Å². The summed E-state index contributed by atoms with van der Waals surface area (Å²) in [6.45, 7) is 3.96. The average Bonchev–Trinajstić information content (AvgIpc) is 2.52. The second-order valence-corrected chi connectivity index (χ2v) is 5.39. The van der Waals surface area contributed by atoms with Gasteiger partial charge in [0.25, 0.3) is 0 Å². The Labute approximate surface area is 129 Å². The van der Waals surface area contributed by atoms with Crippen molar-refractivity contribution in [3.8, 4) is 0 Å². The first kappa shape index (κ1) is 16.1. The third-order valence-corrected chi connectivity index (χ3v) is 3.81. The number of halogens is 1. The van der Waals surface area contributed by atoms with Crippen LogP contribution in [0, 0.1) is 0 Å². The minimum Gasteiger partial charge on any atom is -0.392 e. The molecule has 1 unspecified atom stereocenters. The highest BCUT2D eigenvalue weighted by Crippen LogP contribution is 2.32. The molecule has 1 aliphatic rings. The van der Waals surface area contributed by atoms with Gasteiger partial charge in [0.15, 0.2) is 0 Å². The first-order valence-corrected chi connectivity index (χ1v) is 7.57. The number of ether oxygens (including phenoxy) is 1. The fraction of sp³-hybridized carbons (Fsp3) is 0.533. The average molecular weight is 313 g/mol. The fourth-order valence-electron chi connectivity index (χ4n) is 2.46. The number of aliphatic hydroxyl groups is 1. The Balaban J connectivity index is 2.28. The Kier molecular flexibility index (Phi) is 5.85. The van der Waals surface area contributed by atoms with E-state index < -0.39 is 6.04 Å². The molecule has 1 aliphatic heterocycles. The zero-order valence-electron chi connectivity index (χ0n) is 12.1. The van der Waals surface area contributed by atoms with Gasteiger partial charge in [-0.1, -0.05) is 30.7 Å². The van der Waals surface area contributed by atoms with Crippen molar-refractivity contribution < 1.29 is 14.6 Å². The summed E-state index contributed by atoms with van der Waals surface area (Å²) in [6.07, 6.45) is 0.882. The van der Waals surface area contributed by atoms with Gasteiger partial charge in [-0.15, -0.1) is 0 Å². The van der Waals surface area contributed by atoms with Gasteiger partial charge in [-0.25, -0.2) is 0 Å². The first-order chi connectivity index (χ1) is 10.2. The van der Waals surface area contributed by atoms with Crippen LogP contribution in [0.15, 0.2) is 18.2 Å². The van der Waals surface area contributed by atoms with Gasteiger partial charge < -0.3 is 20.1 Å². The molecule has 2 N–H and O–H groups in total. The molecule has 0 aliphatic carbocycles. The Morgan fingerprint density at radius 1 is 1.57 bits per heavy atom. The third kappa shape index (κ3) is 3.67. The Bertz CT molecular complexity index is 496. The van der Waals surface area contributed by atoms with Crippen LogP contribution < -0.4 is 10.2 Å². The summed E-state index contributed by atoms with van der Waals surface area (Å²) in [7, 11) is 0. The lowest BCUT2D eigenvalue weighted by molar-refractivity contribution is -0.124. The molecule has 21 heavy (non-hydrogen) atoms. The zero-order valence-corrected chi connectivity index (χ0v) is 12.9. The number of carbonyl (C=O) groups excluding carboxylic acids is 1. The largest absolute Gasteiger partial charge is 0.392 e. The van der Waals surface area contributed by atoms with Crippen LogP contribution in [0.5, 0.6) is 0 Å². The molecule has 1 fully saturated rings. The number of aliphatic hydroxyl groups excluding tert-OH is 1. The lowest BCUT2D eigenvalue weighted by Crippen LogP contribution is -2.54. The first-order valence-electron chi connectivity index (χ1n) is 7.19. The lowest BCUT2D eigenvalue weighted by Gasteiger charge is -2.37. The number of hydrogen-bond donors (Lipinski definition) is 2. The normalized spacial score (nSPS) is 18.6. The maximum absolute atomic E-state index is 12.3. The predicted octanol–water partition coefficient (Wildman–Crippen LogP) is 1.56. The zero-order chi connectivity index (χ0) is 15.2. The molecule has 1 saturated heterocycles. The summed E-state index contributed by atoms with van der Waals surface area (Å²) in [5.41, 5.74) is 1.44. The maximum Gasteiger partial charge on any atom is 0.245 e. The van der Waals surface area contributed by atoms with E-state index in [1.807, 2.05) is 17.9 Å². The summed E-state index contributed by atoms with van der Waals surface area (Å²) in [5.74, 6) is -0.0691. The van der Waals surface area contributed by atoms with E-state index >= 15 is 0 Å². The van der Waals surface area contributed by atoms with Crippen LogP contribution in [0.1, 0.15) is 18.9 Å². The summed E-state index contributed by atoms with van der Waals surface area (Å²) in [6, 6.07) is 4.96. The minimum atomic E-state index is -0.421. The van der Waals surface area contributed by atoms with Crippen LogP contribution in [-0.2, 0) is 16.1 Å². The number of nitrogens with zero attached hydrogens (tertiary/aromatic N) is 1. The fourth-order valence-corrected chi connectivity index (χ4v) is 2.77. The molecule has 0 bridgehead atoms. The molecule has 0 spiro atoms. The molecular formula is C15H21ClN2O3. The van der Waals surface area contributed by atoms with E-state index in [4.69, 9.17) is 16.3 Å². The van der Waals surface area contributed by atoms with Crippen molar-refractivity contribution in [1.29, 1.82) is 0 Å². The topological polar surface area (TPSA) is 61.8 Å². The number of benzene rings is 1. The number of amides is 1. The lowest BCUT2D eigenvalue weighted by atomic mass is 10.1. The number of carbonyl (C=O) groups is 1. The Hall–Kier alpha value is -1.30. The summed E-state index contributed by atoms with van der Waals surface area (Å²) in [4.78, 5) is 14.2. The van der Waals surface area contributed by atoms with Crippen LogP contribution in [-0.4, -0.2) is 43.4 Å². The van der Waals surface area contributed by atoms with Crippen LogP contribution >= 0.6 is 11.6 Å². The molecule has 5 nitrogen and oxygen atoms in total. The second kappa shape index (κ2) is 7.64. The van der Waals surface area contributed by atoms with Crippen molar-refractivity contribution in [3.63, 3.8) is 0 Å². The van der Waals surface area contributed by atoms with Crippen LogP contribution in [0.25, 0.3) is 0 Å². The van der Waals surface area contributed by atoms with Gasteiger partial charge in [0.2, 0.25) is 5.91 Å². The maximum atomic E-state index is 12.3. The van der Waals surface area contributed by atoms with Gasteiger partial charge >= 0.3 is 0 Å². The van der Waals surface area contributed by atoms with Crippen LogP contribution in [0.2, 0.25) is 5.02 Å². The molecule has 2 rings (SSSR count). The molecule has 1 atom stereocenters. The van der Waals surface area contributed by atoms with Crippen LogP contribution in [0.3, 0.4) is 0 Å². The molecular weight excluding hydrogens is 292 g/mol. The summed E-state index contributed by atoms with van der Waals surface area (Å²) >= 11 is 6.29. The molecule has 0 saturated carbocycles. The van der Waals surface area contributed by atoms with Crippen molar-refractivity contribution in [1.82, 2.24) is 5.32 Å². The van der Waals surface area contributed by atoms with Crippen molar-refractivity contribution in [2.45, 2.75) is 26.0 Å². The minimum absolute atomic E-state index is 0.0691. The van der Waals surface area contributed by atoms with E-state index in [0.29, 0.717) is 31.3 Å². The molecule has 0 aromatic heterocycles. The molecule has 1 amide bonds. The number of para-hydroxylation sites is 1. The quantitative estimate of drug-likeness (QED) is 0.866. The molecule has 6 heteroatoms. The van der Waals surface area contributed by atoms with Gasteiger partial charge in [0.05, 0.1) is 30.5 Å². The number of rotatable bonds is 5. The second-order valence-electron chi connectivity index (χ2n) is 4.98. The van der Waals surface area contributed by atoms with Gasteiger partial charge in [0, 0.05) is 18.7 Å². The molecule has 1 heterocycles. The highest BCUT2D eigenvalue weighted by atomic mass is 35.5. The van der Waals surface area contributed by atoms with E-state index in [2.05, 4.69) is 5.32 Å². The van der Waals surface area contributed by atoms with Crippen molar-refractivity contribution in [3.05, 3.63) is 28.8 Å². The number of hydrogen-bond acceptors (Lipinski definition) is 4. The Morgan fingerprint density at radius 2 is 2.38 bits per heavy atom. The molecule has 116 valence electrons. The number of anilines is 1. The number of morpholine rings is 1. The van der Waals surface area contributed by atoms with Crippen molar-refractivity contribution >= 4 is 23.2 Å². The monoisotopic (exact) mass is 312 g/mol. The molecule has 1 aromatic carbocycles. The molecule has 0 radical (unpaired) electrons. The predicted molar refractivity (Wildman–Crippen MR) is 82.6 cm³/mol. The standard InChI is InChI=1S/C15H21ClN2O3/c1-2-6-17-15(20)13-10-21-8-7-18(13)14-11(9-19)4-3-5-12(14)16/h3-5,13,19H,2,6-10H2,1H3,(H,17,20). The van der Waals surface area contributed by atoms with E-state index in [9.17, 15) is 9.90 Å². The smallest absolute Gasteiger partial charge is 0.245 e. The van der Waals surface area contributed by atoms with Gasteiger partial charge in [-0.05, 0) is 12.5 Å². The van der Waals surface area contributed by atoms with E-state index in [0.717, 1.165) is 17.7 Å². The van der Waals surface area contributed by atoms with Crippen molar-refractivity contribution in [2.24, 2.45) is 0 Å². The summed E-state index contributed by atoms with van der Waals surface area (Å²) in [5, 5.41) is 13.0. The van der Waals surface area contributed by atoms with Gasteiger partial charge in [-0.2, -0.15) is 0 Å². The Morgan fingerprint density at radius 3 is 3.10 bits per heavy atom. The van der Waals surface area contributed by atoms with Gasteiger partial charge in [-0.3, -0.25) is 4.79 Å². The van der Waals surface area contributed by atoms with E-state index in [1.54, 1.807) is 12.1 Å². The SMILES string of the molecule is CCCNC(=O)C1COCCN1c1c(Cl)cccc1CO. The van der Waals surface area contributed by atoms with Crippen LogP contribution in [0.4, 0.5) is 5.69 Å². The van der Waals surface area contributed by atoms with Crippen molar-refractivity contribution in [2.75, 3.05) is 31.2 Å². The highest BCUT2D eigenvalue weighted by molar-refractivity contribution is 6.33. The third-order valence-electron chi connectivity index (χ3n) is 3.51. The van der Waals surface area contributed by atoms with E-state index in [1.165, 1.54) is 0 Å². The van der Waals surface area contributed by atoms with E-state index in [-0.39, 0.29) is 12.5 Å². The highest BCUT2D eigenvalue weighted by Gasteiger charge is 2.31. The number of nitrogens with one attached hydrogen (secondary N) is 1. The molecule has 1 aromatic rings.